The molecule has 1 aromatic carbocycles. The minimum atomic E-state index is -0.696. The molecule has 0 bridgehead atoms. The molecule has 8 heteroatoms. The number of nitrogens with zero attached hydrogens (tertiary/aromatic N) is 2. The van der Waals surface area contributed by atoms with Crippen molar-refractivity contribution in [3.8, 4) is 0 Å². The number of rotatable bonds is 2. The molecule has 1 aliphatic rings. The maximum absolute atomic E-state index is 12.3. The number of carbonyl (C=O) groups is 3. The normalized spacial score (nSPS) is 14.9. The number of benzene rings is 1. The summed E-state index contributed by atoms with van der Waals surface area (Å²) in [4.78, 5) is 46.2. The molecular formula is C12H11N3O5. The Balaban J connectivity index is 2.41. The van der Waals surface area contributed by atoms with Gasteiger partial charge in [0.2, 0.25) is 11.8 Å². The first-order chi connectivity index (χ1) is 9.40. The number of aryl methyl sites for hydroxylation is 1. The van der Waals surface area contributed by atoms with Crippen LogP contribution in [0.25, 0.3) is 0 Å². The van der Waals surface area contributed by atoms with Gasteiger partial charge in [-0.15, -0.1) is 0 Å². The average molecular weight is 277 g/mol. The van der Waals surface area contributed by atoms with E-state index in [0.717, 1.165) is 4.90 Å². The fraction of sp³-hybridized carbons (Fsp3) is 0.250. The third-order valence-electron chi connectivity index (χ3n) is 2.90. The quantitative estimate of drug-likeness (QED) is 0.465. The van der Waals surface area contributed by atoms with E-state index in [1.807, 2.05) is 0 Å². The van der Waals surface area contributed by atoms with Crippen molar-refractivity contribution < 1.29 is 19.3 Å². The first-order valence-corrected chi connectivity index (χ1v) is 5.76. The zero-order chi connectivity index (χ0) is 14.9. The predicted octanol–water partition coefficient (Wildman–Crippen LogP) is 0.00182. The van der Waals surface area contributed by atoms with Crippen molar-refractivity contribution in [2.45, 2.75) is 6.92 Å². The molecule has 20 heavy (non-hydrogen) atoms. The Morgan fingerprint density at radius 2 is 1.90 bits per heavy atom. The van der Waals surface area contributed by atoms with E-state index in [1.165, 1.54) is 12.1 Å². The zero-order valence-corrected chi connectivity index (χ0v) is 10.6. The topological polar surface area (TPSA) is 110 Å². The molecule has 0 aliphatic carbocycles. The van der Waals surface area contributed by atoms with Gasteiger partial charge in [-0.1, -0.05) is 12.1 Å². The van der Waals surface area contributed by atoms with E-state index >= 15 is 0 Å². The summed E-state index contributed by atoms with van der Waals surface area (Å²) in [6.45, 7) is 0.970. The second-order valence-electron chi connectivity index (χ2n) is 4.36. The van der Waals surface area contributed by atoms with Gasteiger partial charge >= 0.3 is 0 Å². The Morgan fingerprint density at radius 3 is 2.45 bits per heavy atom. The van der Waals surface area contributed by atoms with Crippen LogP contribution in [-0.2, 0) is 9.59 Å². The van der Waals surface area contributed by atoms with Crippen molar-refractivity contribution in [2.24, 2.45) is 0 Å². The minimum absolute atomic E-state index is 0.0972. The molecule has 0 unspecified atom stereocenters. The van der Waals surface area contributed by atoms with Gasteiger partial charge in [0.25, 0.3) is 11.6 Å². The summed E-state index contributed by atoms with van der Waals surface area (Å²) >= 11 is 0. The van der Waals surface area contributed by atoms with Crippen molar-refractivity contribution in [2.75, 3.05) is 13.1 Å². The maximum atomic E-state index is 12.3. The van der Waals surface area contributed by atoms with Crippen LogP contribution in [0, 0.1) is 17.0 Å². The SMILES string of the molecule is Cc1cccc([N+](=O)[O-])c1C(=O)N1CC(=O)NC(=O)C1. The predicted molar refractivity (Wildman–Crippen MR) is 66.9 cm³/mol. The summed E-state index contributed by atoms with van der Waals surface area (Å²) in [5, 5.41) is 13.0. The molecule has 0 aromatic heterocycles. The number of nitrogens with one attached hydrogen (secondary N) is 1. The number of piperazine rings is 1. The largest absolute Gasteiger partial charge is 0.320 e. The summed E-state index contributed by atoms with van der Waals surface area (Å²) in [6, 6.07) is 4.25. The van der Waals surface area contributed by atoms with Gasteiger partial charge in [0.05, 0.1) is 4.92 Å². The van der Waals surface area contributed by atoms with Crippen LogP contribution in [0.5, 0.6) is 0 Å². The Bertz CT molecular complexity index is 610. The summed E-state index contributed by atoms with van der Waals surface area (Å²) < 4.78 is 0. The third-order valence-corrected chi connectivity index (χ3v) is 2.90. The lowest BCUT2D eigenvalue weighted by Crippen LogP contribution is -2.53. The van der Waals surface area contributed by atoms with Gasteiger partial charge in [-0.05, 0) is 12.5 Å². The second kappa shape index (κ2) is 5.08. The molecule has 3 amide bonds. The monoisotopic (exact) mass is 277 g/mol. The Hall–Kier alpha value is -2.77. The Morgan fingerprint density at radius 1 is 1.30 bits per heavy atom. The van der Waals surface area contributed by atoms with Gasteiger partial charge < -0.3 is 4.90 Å². The molecular weight excluding hydrogens is 266 g/mol. The van der Waals surface area contributed by atoms with Crippen molar-refractivity contribution in [3.63, 3.8) is 0 Å². The average Bonchev–Trinajstić information content (AvgIpc) is 2.36. The molecule has 104 valence electrons. The van der Waals surface area contributed by atoms with E-state index in [-0.39, 0.29) is 24.3 Å². The first-order valence-electron chi connectivity index (χ1n) is 5.76. The van der Waals surface area contributed by atoms with Crippen LogP contribution in [-0.4, -0.2) is 40.6 Å². The van der Waals surface area contributed by atoms with Crippen molar-refractivity contribution in [3.05, 3.63) is 39.4 Å². The van der Waals surface area contributed by atoms with Crippen LogP contribution in [0.15, 0.2) is 18.2 Å². The standard InChI is InChI=1S/C12H11N3O5/c1-7-3-2-4-8(15(19)20)11(7)12(18)14-5-9(16)13-10(17)6-14/h2-4H,5-6H2,1H3,(H,13,16,17). The van der Waals surface area contributed by atoms with Crippen LogP contribution < -0.4 is 5.32 Å². The number of hydrogen-bond acceptors (Lipinski definition) is 5. The molecule has 1 aromatic rings. The molecule has 1 fully saturated rings. The highest BCUT2D eigenvalue weighted by Crippen LogP contribution is 2.23. The van der Waals surface area contributed by atoms with Gasteiger partial charge in [-0.25, -0.2) is 0 Å². The lowest BCUT2D eigenvalue weighted by molar-refractivity contribution is -0.385. The lowest BCUT2D eigenvalue weighted by Gasteiger charge is -2.25. The molecule has 1 heterocycles. The Labute approximate surface area is 113 Å². The fourth-order valence-corrected chi connectivity index (χ4v) is 2.02. The van der Waals surface area contributed by atoms with E-state index in [2.05, 4.69) is 5.32 Å². The molecule has 8 nitrogen and oxygen atoms in total. The first kappa shape index (κ1) is 13.7. The number of carbonyl (C=O) groups excluding carboxylic acids is 3. The molecule has 1 saturated heterocycles. The third kappa shape index (κ3) is 2.48. The highest BCUT2D eigenvalue weighted by molar-refractivity contribution is 6.07. The van der Waals surface area contributed by atoms with E-state index < -0.39 is 22.6 Å². The van der Waals surface area contributed by atoms with Crippen LogP contribution in [0.1, 0.15) is 15.9 Å². The van der Waals surface area contributed by atoms with Crippen molar-refractivity contribution in [1.82, 2.24) is 10.2 Å². The summed E-state index contributed by atoms with van der Waals surface area (Å²) in [7, 11) is 0. The smallest absolute Gasteiger partial charge is 0.282 e. The van der Waals surface area contributed by atoms with Gasteiger partial charge in [-0.3, -0.25) is 29.8 Å². The van der Waals surface area contributed by atoms with Crippen LogP contribution in [0.3, 0.4) is 0 Å². The summed E-state index contributed by atoms with van der Waals surface area (Å²) in [5.74, 6) is -1.91. The second-order valence-corrected chi connectivity index (χ2v) is 4.36. The number of hydrogen-bond donors (Lipinski definition) is 1. The van der Waals surface area contributed by atoms with Gasteiger partial charge in [0.15, 0.2) is 0 Å². The molecule has 1 N–H and O–H groups in total. The fourth-order valence-electron chi connectivity index (χ4n) is 2.02. The molecule has 0 atom stereocenters. The molecule has 0 saturated carbocycles. The van der Waals surface area contributed by atoms with Crippen molar-refractivity contribution in [1.29, 1.82) is 0 Å². The number of nitro groups is 1. The number of imide groups is 1. The van der Waals surface area contributed by atoms with Crippen molar-refractivity contribution >= 4 is 23.4 Å². The summed E-state index contributed by atoms with van der Waals surface area (Å²) in [6.07, 6.45) is 0. The maximum Gasteiger partial charge on any atom is 0.282 e. The Kier molecular flexibility index (Phi) is 3.47. The number of nitro benzene ring substituents is 1. The molecule has 0 radical (unpaired) electrons. The van der Waals surface area contributed by atoms with Gasteiger partial charge in [-0.2, -0.15) is 0 Å². The van der Waals surface area contributed by atoms with Crippen LogP contribution in [0.4, 0.5) is 5.69 Å². The highest BCUT2D eigenvalue weighted by atomic mass is 16.6. The number of amides is 3. The van der Waals surface area contributed by atoms with E-state index in [1.54, 1.807) is 13.0 Å². The lowest BCUT2D eigenvalue weighted by atomic mass is 10.0. The minimum Gasteiger partial charge on any atom is -0.320 e. The zero-order valence-electron chi connectivity index (χ0n) is 10.6. The highest BCUT2D eigenvalue weighted by Gasteiger charge is 2.31. The van der Waals surface area contributed by atoms with Gasteiger partial charge in [0, 0.05) is 6.07 Å². The molecule has 0 spiro atoms. The molecule has 1 aliphatic heterocycles. The summed E-state index contributed by atoms with van der Waals surface area (Å²) in [5.41, 5.74) is -0.0175. The van der Waals surface area contributed by atoms with E-state index in [0.29, 0.717) is 5.56 Å². The van der Waals surface area contributed by atoms with Gasteiger partial charge in [0.1, 0.15) is 18.7 Å². The van der Waals surface area contributed by atoms with E-state index in [4.69, 9.17) is 0 Å². The van der Waals surface area contributed by atoms with E-state index in [9.17, 15) is 24.5 Å². The molecule has 2 rings (SSSR count). The van der Waals surface area contributed by atoms with Crippen LogP contribution >= 0.6 is 0 Å². The van der Waals surface area contributed by atoms with Crippen LogP contribution in [0.2, 0.25) is 0 Å².